The van der Waals surface area contributed by atoms with Gasteiger partial charge in [0.15, 0.2) is 0 Å². The lowest BCUT2D eigenvalue weighted by atomic mass is 10.2. The van der Waals surface area contributed by atoms with Gasteiger partial charge >= 0.3 is 0 Å². The quantitative estimate of drug-likeness (QED) is 0.616. The van der Waals surface area contributed by atoms with E-state index in [-0.39, 0.29) is 0 Å². The lowest BCUT2D eigenvalue weighted by Crippen LogP contribution is -2.27. The molecule has 2 N–H and O–H groups in total. The fourth-order valence-electron chi connectivity index (χ4n) is 1.65. The van der Waals surface area contributed by atoms with Crippen LogP contribution in [0.1, 0.15) is 6.42 Å². The van der Waals surface area contributed by atoms with Gasteiger partial charge in [0, 0.05) is 17.6 Å². The molecule has 14 heavy (non-hydrogen) atoms. The monoisotopic (exact) mass is 252 g/mol. The smallest absolute Gasteiger partial charge is 0.0614 e. The van der Waals surface area contributed by atoms with E-state index in [4.69, 9.17) is 5.73 Å². The standard InChI is InChI=1S/C11H13BrN2/c12-9-4-5-10(13)11(8-9)14-6-2-1-3-7-14/h1-2,4-5,8H,3,6-7,13H2. The summed E-state index contributed by atoms with van der Waals surface area (Å²) in [6.45, 7) is 2.01. The average molecular weight is 253 g/mol. The molecule has 1 aromatic rings. The van der Waals surface area contributed by atoms with Gasteiger partial charge in [-0.1, -0.05) is 28.1 Å². The highest BCUT2D eigenvalue weighted by Crippen LogP contribution is 2.28. The zero-order valence-electron chi connectivity index (χ0n) is 7.91. The highest BCUT2D eigenvalue weighted by atomic mass is 79.9. The molecule has 1 heterocycles. The van der Waals surface area contributed by atoms with Crippen LogP contribution in [0.5, 0.6) is 0 Å². The Balaban J connectivity index is 2.30. The van der Waals surface area contributed by atoms with Crippen LogP contribution in [0.4, 0.5) is 11.4 Å². The minimum atomic E-state index is 0.850. The van der Waals surface area contributed by atoms with Gasteiger partial charge in [-0.25, -0.2) is 0 Å². The van der Waals surface area contributed by atoms with E-state index in [1.54, 1.807) is 0 Å². The third-order valence-corrected chi connectivity index (χ3v) is 2.88. The molecule has 1 aromatic carbocycles. The summed E-state index contributed by atoms with van der Waals surface area (Å²) in [5.41, 5.74) is 7.91. The van der Waals surface area contributed by atoms with Crippen LogP contribution < -0.4 is 10.6 Å². The molecule has 0 aromatic heterocycles. The van der Waals surface area contributed by atoms with Gasteiger partial charge in [0.1, 0.15) is 0 Å². The molecule has 74 valence electrons. The zero-order chi connectivity index (χ0) is 9.97. The van der Waals surface area contributed by atoms with Gasteiger partial charge in [-0.05, 0) is 24.6 Å². The Morgan fingerprint density at radius 2 is 2.14 bits per heavy atom. The van der Waals surface area contributed by atoms with Crippen molar-refractivity contribution in [1.29, 1.82) is 0 Å². The first-order chi connectivity index (χ1) is 6.77. The molecule has 0 fully saturated rings. The number of anilines is 2. The van der Waals surface area contributed by atoms with Crippen molar-refractivity contribution in [2.75, 3.05) is 23.7 Å². The summed E-state index contributed by atoms with van der Waals surface area (Å²) in [4.78, 5) is 2.29. The van der Waals surface area contributed by atoms with Crippen LogP contribution in [0.2, 0.25) is 0 Å². The second-order valence-electron chi connectivity index (χ2n) is 3.41. The van der Waals surface area contributed by atoms with Crippen molar-refractivity contribution in [3.8, 4) is 0 Å². The number of hydrogen-bond acceptors (Lipinski definition) is 2. The van der Waals surface area contributed by atoms with Crippen LogP contribution in [0, 0.1) is 0 Å². The number of nitrogens with zero attached hydrogens (tertiary/aromatic N) is 1. The van der Waals surface area contributed by atoms with Gasteiger partial charge in [-0.2, -0.15) is 0 Å². The topological polar surface area (TPSA) is 29.3 Å². The lowest BCUT2D eigenvalue weighted by molar-refractivity contribution is 0.822. The maximum atomic E-state index is 5.93. The summed E-state index contributed by atoms with van der Waals surface area (Å²) >= 11 is 3.46. The van der Waals surface area contributed by atoms with Crippen LogP contribution in [0.3, 0.4) is 0 Å². The van der Waals surface area contributed by atoms with Crippen LogP contribution in [-0.4, -0.2) is 13.1 Å². The molecular weight excluding hydrogens is 240 g/mol. The van der Waals surface area contributed by atoms with Crippen molar-refractivity contribution in [2.24, 2.45) is 0 Å². The van der Waals surface area contributed by atoms with Gasteiger partial charge in [0.2, 0.25) is 0 Å². The van der Waals surface area contributed by atoms with Crippen molar-refractivity contribution >= 4 is 27.3 Å². The molecule has 2 rings (SSSR count). The summed E-state index contributed by atoms with van der Waals surface area (Å²) in [5.74, 6) is 0. The number of rotatable bonds is 1. The van der Waals surface area contributed by atoms with Crippen LogP contribution in [0.15, 0.2) is 34.8 Å². The molecule has 0 saturated heterocycles. The Bertz CT molecular complexity index is 360. The van der Waals surface area contributed by atoms with E-state index in [0.717, 1.165) is 35.4 Å². The van der Waals surface area contributed by atoms with Gasteiger partial charge < -0.3 is 10.6 Å². The first-order valence-electron chi connectivity index (χ1n) is 4.72. The summed E-state index contributed by atoms with van der Waals surface area (Å²) in [6.07, 6.45) is 5.50. The molecule has 2 nitrogen and oxygen atoms in total. The van der Waals surface area contributed by atoms with Gasteiger partial charge in [0.25, 0.3) is 0 Å². The molecule has 3 heteroatoms. The maximum Gasteiger partial charge on any atom is 0.0614 e. The first-order valence-corrected chi connectivity index (χ1v) is 5.51. The molecule has 0 spiro atoms. The van der Waals surface area contributed by atoms with Crippen molar-refractivity contribution in [3.05, 3.63) is 34.8 Å². The van der Waals surface area contributed by atoms with E-state index in [1.165, 1.54) is 0 Å². The van der Waals surface area contributed by atoms with Gasteiger partial charge in [0.05, 0.1) is 11.4 Å². The summed E-state index contributed by atoms with van der Waals surface area (Å²) in [5, 5.41) is 0. The predicted octanol–water partition coefficient (Wildman–Crippen LogP) is 2.80. The third-order valence-electron chi connectivity index (χ3n) is 2.39. The van der Waals surface area contributed by atoms with Crippen molar-refractivity contribution in [2.45, 2.75) is 6.42 Å². The fraction of sp³-hybridized carbons (Fsp3) is 0.273. The molecule has 0 radical (unpaired) electrons. The second-order valence-corrected chi connectivity index (χ2v) is 4.32. The molecule has 1 aliphatic rings. The van der Waals surface area contributed by atoms with E-state index in [1.807, 2.05) is 12.1 Å². The van der Waals surface area contributed by atoms with Gasteiger partial charge in [-0.15, -0.1) is 0 Å². The maximum absolute atomic E-state index is 5.93. The third kappa shape index (κ3) is 1.93. The molecule has 0 saturated carbocycles. The van der Waals surface area contributed by atoms with Crippen molar-refractivity contribution in [1.82, 2.24) is 0 Å². The van der Waals surface area contributed by atoms with E-state index < -0.39 is 0 Å². The Morgan fingerprint density at radius 1 is 1.29 bits per heavy atom. The molecule has 1 aliphatic heterocycles. The predicted molar refractivity (Wildman–Crippen MR) is 64.5 cm³/mol. The van der Waals surface area contributed by atoms with Crippen LogP contribution in [0.25, 0.3) is 0 Å². The Hall–Kier alpha value is -0.960. The average Bonchev–Trinajstić information content (AvgIpc) is 2.23. The van der Waals surface area contributed by atoms with E-state index in [2.05, 4.69) is 39.0 Å². The number of hydrogen-bond donors (Lipinski definition) is 1. The molecular formula is C11H13BrN2. The van der Waals surface area contributed by atoms with E-state index >= 15 is 0 Å². The molecule has 0 bridgehead atoms. The zero-order valence-corrected chi connectivity index (χ0v) is 9.50. The molecule has 0 unspecified atom stereocenters. The Labute approximate surface area is 92.5 Å². The minimum absolute atomic E-state index is 0.850. The second kappa shape index (κ2) is 4.05. The lowest BCUT2D eigenvalue weighted by Gasteiger charge is -2.27. The van der Waals surface area contributed by atoms with Crippen molar-refractivity contribution in [3.63, 3.8) is 0 Å². The Morgan fingerprint density at radius 3 is 2.86 bits per heavy atom. The number of nitrogens with two attached hydrogens (primary N) is 1. The SMILES string of the molecule is Nc1ccc(Br)cc1N1CC=CCC1. The number of nitrogen functional groups attached to an aromatic ring is 1. The summed E-state index contributed by atoms with van der Waals surface area (Å²) < 4.78 is 1.08. The summed E-state index contributed by atoms with van der Waals surface area (Å²) in [6, 6.07) is 5.99. The van der Waals surface area contributed by atoms with Crippen LogP contribution >= 0.6 is 15.9 Å². The molecule has 0 amide bonds. The van der Waals surface area contributed by atoms with Crippen molar-refractivity contribution < 1.29 is 0 Å². The largest absolute Gasteiger partial charge is 0.397 e. The Kier molecular flexibility index (Phi) is 2.77. The highest BCUT2D eigenvalue weighted by molar-refractivity contribution is 9.10. The fourth-order valence-corrected chi connectivity index (χ4v) is 2.00. The highest BCUT2D eigenvalue weighted by Gasteiger charge is 2.10. The molecule has 0 atom stereocenters. The molecule has 0 aliphatic carbocycles. The van der Waals surface area contributed by atoms with E-state index in [0.29, 0.717) is 0 Å². The normalized spacial score (nSPS) is 15.9. The number of benzene rings is 1. The number of halogens is 1. The van der Waals surface area contributed by atoms with E-state index in [9.17, 15) is 0 Å². The van der Waals surface area contributed by atoms with Crippen LogP contribution in [-0.2, 0) is 0 Å². The minimum Gasteiger partial charge on any atom is -0.397 e. The summed E-state index contributed by atoms with van der Waals surface area (Å²) in [7, 11) is 0. The van der Waals surface area contributed by atoms with Gasteiger partial charge in [-0.3, -0.25) is 0 Å². The first kappa shape index (κ1) is 9.59.